The SMILES string of the molecule is CNC(Cc1ccc(F)cc1)Cc1ccccc1OC. The first kappa shape index (κ1) is 14.5. The summed E-state index contributed by atoms with van der Waals surface area (Å²) < 4.78 is 18.3. The molecular formula is C17H20FNO. The first-order chi connectivity index (χ1) is 9.72. The number of likely N-dealkylation sites (N-methyl/N-ethyl adjacent to an activating group) is 1. The van der Waals surface area contributed by atoms with Gasteiger partial charge >= 0.3 is 0 Å². The summed E-state index contributed by atoms with van der Waals surface area (Å²) in [5, 5.41) is 3.32. The molecule has 20 heavy (non-hydrogen) atoms. The fraction of sp³-hybridized carbons (Fsp3) is 0.294. The third-order valence-electron chi connectivity index (χ3n) is 3.46. The van der Waals surface area contributed by atoms with E-state index in [-0.39, 0.29) is 11.9 Å². The average Bonchev–Trinajstić information content (AvgIpc) is 2.49. The summed E-state index contributed by atoms with van der Waals surface area (Å²) in [5.74, 6) is 0.714. The molecule has 0 saturated heterocycles. The Morgan fingerprint density at radius 1 is 1.05 bits per heavy atom. The van der Waals surface area contributed by atoms with Gasteiger partial charge in [0.15, 0.2) is 0 Å². The van der Waals surface area contributed by atoms with Crippen molar-refractivity contribution in [1.29, 1.82) is 0 Å². The summed E-state index contributed by atoms with van der Waals surface area (Å²) in [6.07, 6.45) is 1.73. The van der Waals surface area contributed by atoms with E-state index in [4.69, 9.17) is 4.74 Å². The molecule has 0 saturated carbocycles. The number of ether oxygens (including phenoxy) is 1. The summed E-state index contributed by atoms with van der Waals surface area (Å²) in [6.45, 7) is 0. The summed E-state index contributed by atoms with van der Waals surface area (Å²) >= 11 is 0. The molecule has 2 rings (SSSR count). The third-order valence-corrected chi connectivity index (χ3v) is 3.46. The van der Waals surface area contributed by atoms with Gasteiger partial charge in [0, 0.05) is 6.04 Å². The number of hydrogen-bond acceptors (Lipinski definition) is 2. The highest BCUT2D eigenvalue weighted by molar-refractivity contribution is 5.34. The van der Waals surface area contributed by atoms with Crippen LogP contribution in [0.15, 0.2) is 48.5 Å². The highest BCUT2D eigenvalue weighted by atomic mass is 19.1. The second-order valence-electron chi connectivity index (χ2n) is 4.83. The van der Waals surface area contributed by atoms with Crippen molar-refractivity contribution in [2.24, 2.45) is 0 Å². The minimum absolute atomic E-state index is 0.195. The van der Waals surface area contributed by atoms with Gasteiger partial charge in [-0.2, -0.15) is 0 Å². The minimum atomic E-state index is -0.195. The van der Waals surface area contributed by atoms with Crippen LogP contribution in [0.2, 0.25) is 0 Å². The lowest BCUT2D eigenvalue weighted by Gasteiger charge is -2.18. The van der Waals surface area contributed by atoms with Crippen LogP contribution >= 0.6 is 0 Å². The van der Waals surface area contributed by atoms with Gasteiger partial charge in [-0.15, -0.1) is 0 Å². The van der Waals surface area contributed by atoms with Crippen LogP contribution in [0.5, 0.6) is 5.75 Å². The molecule has 0 aliphatic carbocycles. The third kappa shape index (κ3) is 3.81. The highest BCUT2D eigenvalue weighted by Crippen LogP contribution is 2.20. The van der Waals surface area contributed by atoms with Gasteiger partial charge < -0.3 is 10.1 Å². The number of methoxy groups -OCH3 is 1. The number of nitrogens with one attached hydrogen (secondary N) is 1. The predicted octanol–water partition coefficient (Wildman–Crippen LogP) is 3.21. The summed E-state index contributed by atoms with van der Waals surface area (Å²) in [5.41, 5.74) is 2.30. The number of benzene rings is 2. The van der Waals surface area contributed by atoms with E-state index in [2.05, 4.69) is 11.4 Å². The number of hydrogen-bond donors (Lipinski definition) is 1. The molecule has 0 aromatic heterocycles. The van der Waals surface area contributed by atoms with Crippen molar-refractivity contribution in [3.63, 3.8) is 0 Å². The van der Waals surface area contributed by atoms with Gasteiger partial charge in [-0.25, -0.2) is 4.39 Å². The Labute approximate surface area is 119 Å². The fourth-order valence-corrected chi connectivity index (χ4v) is 2.32. The Morgan fingerprint density at radius 3 is 2.40 bits per heavy atom. The summed E-state index contributed by atoms with van der Waals surface area (Å²) in [7, 11) is 3.64. The molecule has 0 heterocycles. The van der Waals surface area contributed by atoms with Gasteiger partial charge in [0.25, 0.3) is 0 Å². The van der Waals surface area contributed by atoms with Crippen LogP contribution in [0.25, 0.3) is 0 Å². The van der Waals surface area contributed by atoms with E-state index >= 15 is 0 Å². The molecule has 2 aromatic rings. The van der Waals surface area contributed by atoms with Crippen molar-refractivity contribution >= 4 is 0 Å². The van der Waals surface area contributed by atoms with Crippen molar-refractivity contribution in [3.8, 4) is 5.75 Å². The summed E-state index contributed by atoms with van der Waals surface area (Å²) in [6, 6.07) is 15.0. The number of rotatable bonds is 6. The molecule has 1 unspecified atom stereocenters. The Kier molecular flexibility index (Phi) is 5.13. The van der Waals surface area contributed by atoms with E-state index in [1.807, 2.05) is 37.4 Å². The molecule has 3 heteroatoms. The highest BCUT2D eigenvalue weighted by Gasteiger charge is 2.11. The van der Waals surface area contributed by atoms with E-state index in [1.54, 1.807) is 7.11 Å². The molecule has 2 aromatic carbocycles. The average molecular weight is 273 g/mol. The quantitative estimate of drug-likeness (QED) is 0.872. The smallest absolute Gasteiger partial charge is 0.123 e. The number of halogens is 1. The van der Waals surface area contributed by atoms with Crippen molar-refractivity contribution in [2.45, 2.75) is 18.9 Å². The number of para-hydroxylation sites is 1. The van der Waals surface area contributed by atoms with Gasteiger partial charge in [0.1, 0.15) is 11.6 Å². The van der Waals surface area contributed by atoms with Crippen molar-refractivity contribution in [2.75, 3.05) is 14.2 Å². The molecule has 106 valence electrons. The summed E-state index contributed by atoms with van der Waals surface area (Å²) in [4.78, 5) is 0. The van der Waals surface area contributed by atoms with Crippen molar-refractivity contribution in [3.05, 3.63) is 65.5 Å². The Hall–Kier alpha value is -1.87. The fourth-order valence-electron chi connectivity index (χ4n) is 2.32. The molecule has 0 bridgehead atoms. The lowest BCUT2D eigenvalue weighted by atomic mass is 9.98. The van der Waals surface area contributed by atoms with Gasteiger partial charge in [0.2, 0.25) is 0 Å². The zero-order chi connectivity index (χ0) is 14.4. The van der Waals surface area contributed by atoms with Gasteiger partial charge in [0.05, 0.1) is 7.11 Å². The Balaban J connectivity index is 2.07. The lowest BCUT2D eigenvalue weighted by molar-refractivity contribution is 0.406. The van der Waals surface area contributed by atoms with E-state index in [0.717, 1.165) is 24.2 Å². The molecule has 0 aliphatic rings. The maximum absolute atomic E-state index is 12.9. The lowest BCUT2D eigenvalue weighted by Crippen LogP contribution is -2.30. The van der Waals surface area contributed by atoms with Crippen molar-refractivity contribution < 1.29 is 9.13 Å². The van der Waals surface area contributed by atoms with Crippen LogP contribution in [0, 0.1) is 5.82 Å². The second kappa shape index (κ2) is 7.06. The second-order valence-corrected chi connectivity index (χ2v) is 4.83. The van der Waals surface area contributed by atoms with Gasteiger partial charge in [-0.3, -0.25) is 0 Å². The molecule has 0 fully saturated rings. The van der Waals surface area contributed by atoms with Crippen LogP contribution < -0.4 is 10.1 Å². The monoisotopic (exact) mass is 273 g/mol. The maximum Gasteiger partial charge on any atom is 0.123 e. The molecule has 0 amide bonds. The minimum Gasteiger partial charge on any atom is -0.496 e. The first-order valence-corrected chi connectivity index (χ1v) is 6.76. The largest absolute Gasteiger partial charge is 0.496 e. The predicted molar refractivity (Wildman–Crippen MR) is 79.6 cm³/mol. The van der Waals surface area contributed by atoms with Gasteiger partial charge in [-0.1, -0.05) is 30.3 Å². The van der Waals surface area contributed by atoms with E-state index in [9.17, 15) is 4.39 Å². The molecule has 0 spiro atoms. The topological polar surface area (TPSA) is 21.3 Å². The van der Waals surface area contributed by atoms with E-state index < -0.39 is 0 Å². The molecule has 0 radical (unpaired) electrons. The van der Waals surface area contributed by atoms with Crippen molar-refractivity contribution in [1.82, 2.24) is 5.32 Å². The van der Waals surface area contributed by atoms with Crippen LogP contribution in [0.1, 0.15) is 11.1 Å². The van der Waals surface area contributed by atoms with Crippen LogP contribution in [0.3, 0.4) is 0 Å². The molecule has 0 aliphatic heterocycles. The van der Waals surface area contributed by atoms with E-state index in [1.165, 1.54) is 17.7 Å². The zero-order valence-corrected chi connectivity index (χ0v) is 11.9. The Morgan fingerprint density at radius 2 is 1.75 bits per heavy atom. The maximum atomic E-state index is 12.9. The molecule has 1 N–H and O–H groups in total. The van der Waals surface area contributed by atoms with E-state index in [0.29, 0.717) is 0 Å². The molecule has 1 atom stereocenters. The molecular weight excluding hydrogens is 253 g/mol. The standard InChI is InChI=1S/C17H20FNO/c1-19-16(11-13-7-9-15(18)10-8-13)12-14-5-3-4-6-17(14)20-2/h3-10,16,19H,11-12H2,1-2H3. The normalized spacial score (nSPS) is 12.2. The first-order valence-electron chi connectivity index (χ1n) is 6.76. The zero-order valence-electron chi connectivity index (χ0n) is 11.9. The van der Waals surface area contributed by atoms with Crippen LogP contribution in [0.4, 0.5) is 4.39 Å². The van der Waals surface area contributed by atoms with Crippen LogP contribution in [-0.2, 0) is 12.8 Å². The van der Waals surface area contributed by atoms with Gasteiger partial charge in [-0.05, 0) is 49.2 Å². The Bertz CT molecular complexity index is 539. The molecule has 2 nitrogen and oxygen atoms in total. The van der Waals surface area contributed by atoms with Crippen LogP contribution in [-0.4, -0.2) is 20.2 Å².